The van der Waals surface area contributed by atoms with E-state index in [2.05, 4.69) is 38.0 Å². The summed E-state index contributed by atoms with van der Waals surface area (Å²) in [4.78, 5) is 26.8. The van der Waals surface area contributed by atoms with Crippen LogP contribution in [-0.2, 0) is 4.74 Å². The van der Waals surface area contributed by atoms with Gasteiger partial charge in [-0.2, -0.15) is 5.10 Å². The number of benzene rings is 1. The van der Waals surface area contributed by atoms with Crippen molar-refractivity contribution < 1.29 is 9.53 Å². The van der Waals surface area contributed by atoms with E-state index in [1.165, 1.54) is 19.3 Å². The van der Waals surface area contributed by atoms with Gasteiger partial charge in [-0.25, -0.2) is 9.78 Å². The monoisotopic (exact) mass is 517 g/mol. The average molecular weight is 518 g/mol. The van der Waals surface area contributed by atoms with Gasteiger partial charge in [0, 0.05) is 37.1 Å². The maximum atomic E-state index is 12.8. The van der Waals surface area contributed by atoms with Crippen molar-refractivity contribution in [2.45, 2.75) is 76.5 Å². The highest BCUT2D eigenvalue weighted by molar-refractivity contribution is 5.81. The summed E-state index contributed by atoms with van der Waals surface area (Å²) in [7, 11) is 0. The summed E-state index contributed by atoms with van der Waals surface area (Å²) in [5.74, 6) is 0.774. The number of amides is 1. The van der Waals surface area contributed by atoms with Crippen molar-refractivity contribution >= 4 is 22.8 Å². The Bertz CT molecular complexity index is 1320. The molecule has 38 heavy (non-hydrogen) atoms. The van der Waals surface area contributed by atoms with Gasteiger partial charge in [-0.15, -0.1) is 0 Å². The van der Waals surface area contributed by atoms with Crippen molar-refractivity contribution in [3.63, 3.8) is 0 Å². The van der Waals surface area contributed by atoms with Crippen molar-refractivity contribution in [3.8, 4) is 11.3 Å². The predicted molar refractivity (Wildman–Crippen MR) is 148 cm³/mol. The van der Waals surface area contributed by atoms with Gasteiger partial charge in [-0.3, -0.25) is 14.6 Å². The molecule has 1 saturated heterocycles. The van der Waals surface area contributed by atoms with E-state index in [9.17, 15) is 4.79 Å². The number of carbonyl (C=O) groups is 1. The quantitative estimate of drug-likeness (QED) is 0.502. The largest absolute Gasteiger partial charge is 0.444 e. The van der Waals surface area contributed by atoms with Crippen molar-refractivity contribution in [2.24, 2.45) is 11.7 Å². The number of hydrogen-bond donors (Lipinski definition) is 1. The fourth-order valence-corrected chi connectivity index (χ4v) is 5.94. The van der Waals surface area contributed by atoms with Crippen LogP contribution < -0.4 is 10.6 Å². The Hall–Kier alpha value is -3.20. The molecule has 3 heterocycles. The molecule has 0 atom stereocenters. The topological polar surface area (TPSA) is 102 Å². The fraction of sp³-hybridized carbons (Fsp3) is 0.586. The van der Waals surface area contributed by atoms with Crippen molar-refractivity contribution in [2.75, 3.05) is 31.1 Å². The molecule has 2 aliphatic carbocycles. The second-order valence-electron chi connectivity index (χ2n) is 12.3. The maximum absolute atomic E-state index is 12.8. The Morgan fingerprint density at radius 1 is 1.16 bits per heavy atom. The highest BCUT2D eigenvalue weighted by atomic mass is 16.6. The van der Waals surface area contributed by atoms with Crippen LogP contribution in [-0.4, -0.2) is 68.1 Å². The van der Waals surface area contributed by atoms with E-state index in [1.807, 2.05) is 44.1 Å². The molecule has 3 aromatic rings. The number of nitrogens with zero attached hydrogens (tertiary/aromatic N) is 6. The first-order valence-electron chi connectivity index (χ1n) is 14.0. The lowest BCUT2D eigenvalue weighted by Crippen LogP contribution is -2.58. The van der Waals surface area contributed by atoms with Crippen LogP contribution in [0.5, 0.6) is 0 Å². The highest BCUT2D eigenvalue weighted by Crippen LogP contribution is 2.46. The lowest BCUT2D eigenvalue weighted by molar-refractivity contribution is 0.0106. The van der Waals surface area contributed by atoms with Crippen LogP contribution in [0.1, 0.15) is 65.3 Å². The number of aromatic nitrogens is 4. The minimum absolute atomic E-state index is 0.123. The Labute approximate surface area is 224 Å². The van der Waals surface area contributed by atoms with Crippen LogP contribution in [0.25, 0.3) is 22.3 Å². The molecule has 1 spiro atoms. The van der Waals surface area contributed by atoms with Gasteiger partial charge in [0.2, 0.25) is 0 Å². The molecular formula is C29H39N7O2. The van der Waals surface area contributed by atoms with E-state index >= 15 is 0 Å². The number of fused-ring (bicyclic) bond motifs is 1. The van der Waals surface area contributed by atoms with Crippen LogP contribution in [0.15, 0.2) is 36.8 Å². The molecule has 0 radical (unpaired) electrons. The normalized spacial score (nSPS) is 22.5. The van der Waals surface area contributed by atoms with Crippen molar-refractivity contribution in [1.29, 1.82) is 0 Å². The van der Waals surface area contributed by atoms with E-state index < -0.39 is 5.60 Å². The molecule has 3 fully saturated rings. The Morgan fingerprint density at radius 3 is 2.71 bits per heavy atom. The molecule has 2 N–H and O–H groups in total. The van der Waals surface area contributed by atoms with Crippen LogP contribution in [0, 0.1) is 5.92 Å². The molecule has 2 saturated carbocycles. The molecular weight excluding hydrogens is 478 g/mol. The predicted octanol–water partition coefficient (Wildman–Crippen LogP) is 4.77. The molecule has 0 bridgehead atoms. The minimum atomic E-state index is -0.486. The Balaban J connectivity index is 1.16. The van der Waals surface area contributed by atoms with Gasteiger partial charge in [0.1, 0.15) is 5.60 Å². The first-order chi connectivity index (χ1) is 18.2. The number of anilines is 1. The van der Waals surface area contributed by atoms with E-state index in [0.717, 1.165) is 72.8 Å². The first-order valence-corrected chi connectivity index (χ1v) is 14.0. The summed E-state index contributed by atoms with van der Waals surface area (Å²) >= 11 is 0. The van der Waals surface area contributed by atoms with Gasteiger partial charge in [0.25, 0.3) is 0 Å². The Kier molecular flexibility index (Phi) is 6.29. The third-order valence-corrected chi connectivity index (χ3v) is 8.28. The summed E-state index contributed by atoms with van der Waals surface area (Å²) in [6.07, 6.45) is 12.4. The van der Waals surface area contributed by atoms with Crippen LogP contribution in [0.3, 0.4) is 0 Å². The summed E-state index contributed by atoms with van der Waals surface area (Å²) < 4.78 is 7.79. The molecule has 1 aliphatic heterocycles. The average Bonchev–Trinajstić information content (AvgIpc) is 3.43. The first kappa shape index (κ1) is 25.1. The van der Waals surface area contributed by atoms with E-state index in [1.54, 1.807) is 0 Å². The minimum Gasteiger partial charge on any atom is -0.444 e. The summed E-state index contributed by atoms with van der Waals surface area (Å²) in [6.45, 7) is 8.77. The third-order valence-electron chi connectivity index (χ3n) is 8.28. The number of rotatable bonds is 6. The summed E-state index contributed by atoms with van der Waals surface area (Å²) in [5.41, 5.74) is 9.75. The lowest BCUT2D eigenvalue weighted by Gasteiger charge is -2.43. The maximum Gasteiger partial charge on any atom is 0.410 e. The van der Waals surface area contributed by atoms with Crippen LogP contribution in [0.2, 0.25) is 0 Å². The number of hydrogen-bond acceptors (Lipinski definition) is 7. The zero-order chi connectivity index (χ0) is 26.5. The molecule has 3 aliphatic rings. The third kappa shape index (κ3) is 4.96. The molecule has 1 amide bonds. The van der Waals surface area contributed by atoms with Gasteiger partial charge >= 0.3 is 6.09 Å². The number of piperazine rings is 1. The van der Waals surface area contributed by atoms with Crippen LogP contribution >= 0.6 is 0 Å². The van der Waals surface area contributed by atoms with Gasteiger partial charge in [0.15, 0.2) is 0 Å². The van der Waals surface area contributed by atoms with E-state index in [4.69, 9.17) is 15.5 Å². The van der Waals surface area contributed by atoms with Gasteiger partial charge in [-0.05, 0) is 90.0 Å². The number of carbonyl (C=O) groups excluding carboxylic acids is 1. The number of nitrogens with two attached hydrogens (primary N) is 1. The van der Waals surface area contributed by atoms with Gasteiger partial charge < -0.3 is 15.4 Å². The van der Waals surface area contributed by atoms with Gasteiger partial charge in [0.05, 0.1) is 40.7 Å². The second kappa shape index (κ2) is 9.52. The SMILES string of the molecule is CC(C)(C)OC(=O)N1CCN(c2ccc3ncc(-c4cnn(C5CC(CCCN)C5)c4)nc3c2)CC12CC2. The fourth-order valence-electron chi connectivity index (χ4n) is 5.94. The van der Waals surface area contributed by atoms with Crippen molar-refractivity contribution in [1.82, 2.24) is 24.6 Å². The molecule has 1 aromatic carbocycles. The smallest absolute Gasteiger partial charge is 0.410 e. The highest BCUT2D eigenvalue weighted by Gasteiger charge is 2.54. The van der Waals surface area contributed by atoms with Crippen LogP contribution in [0.4, 0.5) is 10.5 Å². The second-order valence-corrected chi connectivity index (χ2v) is 12.3. The molecule has 9 heteroatoms. The zero-order valence-corrected chi connectivity index (χ0v) is 22.8. The molecule has 9 nitrogen and oxygen atoms in total. The zero-order valence-electron chi connectivity index (χ0n) is 22.8. The van der Waals surface area contributed by atoms with E-state index in [-0.39, 0.29) is 11.6 Å². The number of ether oxygens (including phenoxy) is 1. The standard InChI is InChI=1S/C29H39N7O2/c1-28(2,3)38-27(37)35-12-11-34(19-29(35)8-9-29)22-6-7-24-25(15-22)33-26(17-31-24)21-16-32-36(18-21)23-13-20(14-23)5-4-10-30/h6-7,15-18,20,23H,4-5,8-14,19,30H2,1-3H3. The Morgan fingerprint density at radius 2 is 1.97 bits per heavy atom. The lowest BCUT2D eigenvalue weighted by atomic mass is 9.77. The molecule has 6 rings (SSSR count). The summed E-state index contributed by atoms with van der Waals surface area (Å²) in [6, 6.07) is 6.76. The molecule has 202 valence electrons. The van der Waals surface area contributed by atoms with Crippen molar-refractivity contribution in [3.05, 3.63) is 36.8 Å². The summed E-state index contributed by atoms with van der Waals surface area (Å²) in [5, 5.41) is 4.64. The van der Waals surface area contributed by atoms with Gasteiger partial charge in [-0.1, -0.05) is 0 Å². The molecule has 0 unspecified atom stereocenters. The molecule has 2 aromatic heterocycles. The van der Waals surface area contributed by atoms with E-state index in [0.29, 0.717) is 12.6 Å².